The lowest BCUT2D eigenvalue weighted by Gasteiger charge is -2.34. The Morgan fingerprint density at radius 1 is 1.43 bits per heavy atom. The van der Waals surface area contributed by atoms with Crippen LogP contribution in [0.15, 0.2) is 12.1 Å². The third-order valence-corrected chi connectivity index (χ3v) is 3.69. The molecule has 5 nitrogen and oxygen atoms in total. The molecule has 0 radical (unpaired) electrons. The highest BCUT2D eigenvalue weighted by Gasteiger charge is 2.33. The Morgan fingerprint density at radius 2 is 2.19 bits per heavy atom. The van der Waals surface area contributed by atoms with Gasteiger partial charge < -0.3 is 9.64 Å². The van der Waals surface area contributed by atoms with Gasteiger partial charge in [0.2, 0.25) is 0 Å². The van der Waals surface area contributed by atoms with Gasteiger partial charge in [-0.2, -0.15) is 0 Å². The first-order valence-corrected chi connectivity index (χ1v) is 7.52. The summed E-state index contributed by atoms with van der Waals surface area (Å²) in [5.41, 5.74) is 1.14. The minimum absolute atomic E-state index is 0.194. The van der Waals surface area contributed by atoms with E-state index in [1.807, 2.05) is 0 Å². The van der Waals surface area contributed by atoms with Crippen LogP contribution in [0.3, 0.4) is 0 Å². The predicted octanol–water partition coefficient (Wildman–Crippen LogP) is 2.60. The van der Waals surface area contributed by atoms with E-state index in [4.69, 9.17) is 16.3 Å². The molecular weight excluding hydrogens is 292 g/mol. The molecule has 21 heavy (non-hydrogen) atoms. The minimum atomic E-state index is -0.501. The Morgan fingerprint density at radius 3 is 2.86 bits per heavy atom. The number of aryl methyl sites for hydroxylation is 1. The molecule has 1 aromatic rings. The molecular formula is C15H19ClN2O3. The van der Waals surface area contributed by atoms with Gasteiger partial charge in [0.1, 0.15) is 11.2 Å². The molecule has 0 spiro atoms. The lowest BCUT2D eigenvalue weighted by molar-refractivity contribution is -0.149. The third-order valence-electron chi connectivity index (χ3n) is 3.49. The summed E-state index contributed by atoms with van der Waals surface area (Å²) in [4.78, 5) is 30.3. The molecule has 1 atom stereocenters. The maximum absolute atomic E-state index is 12.7. The summed E-state index contributed by atoms with van der Waals surface area (Å²) in [7, 11) is 0. The van der Waals surface area contributed by atoms with Gasteiger partial charge in [0.25, 0.3) is 5.91 Å². The molecule has 1 saturated heterocycles. The number of aromatic nitrogens is 1. The van der Waals surface area contributed by atoms with Gasteiger partial charge in [-0.1, -0.05) is 11.6 Å². The molecule has 0 bridgehead atoms. The topological polar surface area (TPSA) is 59.5 Å². The second-order valence-electron chi connectivity index (χ2n) is 5.08. The molecule has 2 rings (SSSR count). The van der Waals surface area contributed by atoms with E-state index in [1.165, 1.54) is 6.07 Å². The SMILES string of the molecule is CCOC(=O)C1CCCCN1C(=O)c1cc(C)nc(Cl)c1. The number of hydrogen-bond donors (Lipinski definition) is 0. The summed E-state index contributed by atoms with van der Waals surface area (Å²) in [6, 6.07) is 2.72. The van der Waals surface area contributed by atoms with Crippen molar-refractivity contribution in [2.24, 2.45) is 0 Å². The fourth-order valence-corrected chi connectivity index (χ4v) is 2.83. The summed E-state index contributed by atoms with van der Waals surface area (Å²) < 4.78 is 5.07. The second-order valence-corrected chi connectivity index (χ2v) is 5.47. The zero-order valence-electron chi connectivity index (χ0n) is 12.3. The monoisotopic (exact) mass is 310 g/mol. The Labute approximate surface area is 129 Å². The third kappa shape index (κ3) is 3.73. The molecule has 0 saturated carbocycles. The van der Waals surface area contributed by atoms with Crippen molar-refractivity contribution >= 4 is 23.5 Å². The number of esters is 1. The summed E-state index contributed by atoms with van der Waals surface area (Å²) in [6.45, 7) is 4.42. The van der Waals surface area contributed by atoms with Crippen molar-refractivity contribution in [2.45, 2.75) is 39.2 Å². The number of piperidine rings is 1. The number of carbonyl (C=O) groups excluding carboxylic acids is 2. The van der Waals surface area contributed by atoms with Gasteiger partial charge >= 0.3 is 5.97 Å². The predicted molar refractivity (Wildman–Crippen MR) is 79.3 cm³/mol. The van der Waals surface area contributed by atoms with Crippen molar-refractivity contribution in [3.8, 4) is 0 Å². The number of nitrogens with zero attached hydrogens (tertiary/aromatic N) is 2. The van der Waals surface area contributed by atoms with Crippen LogP contribution < -0.4 is 0 Å². The van der Waals surface area contributed by atoms with E-state index in [9.17, 15) is 9.59 Å². The first kappa shape index (κ1) is 15.8. The molecule has 114 valence electrons. The summed E-state index contributed by atoms with van der Waals surface area (Å²) in [5, 5.41) is 0.281. The Bertz CT molecular complexity index is 527. The number of halogens is 1. The Kier molecular flexibility index (Phi) is 5.17. The van der Waals surface area contributed by atoms with E-state index in [2.05, 4.69) is 4.98 Å². The zero-order valence-corrected chi connectivity index (χ0v) is 13.0. The molecule has 1 unspecified atom stereocenters. The van der Waals surface area contributed by atoms with E-state index in [1.54, 1.807) is 24.8 Å². The molecule has 1 amide bonds. The summed E-state index contributed by atoms with van der Waals surface area (Å²) in [6.07, 6.45) is 2.45. The highest BCUT2D eigenvalue weighted by Crippen LogP contribution is 2.22. The van der Waals surface area contributed by atoms with Gasteiger partial charge in [0.05, 0.1) is 6.61 Å². The van der Waals surface area contributed by atoms with Crippen LogP contribution in [-0.2, 0) is 9.53 Å². The maximum atomic E-state index is 12.7. The van der Waals surface area contributed by atoms with Crippen molar-refractivity contribution in [2.75, 3.05) is 13.2 Å². The summed E-state index contributed by atoms with van der Waals surface area (Å²) in [5.74, 6) is -0.525. The fraction of sp³-hybridized carbons (Fsp3) is 0.533. The molecule has 1 aromatic heterocycles. The van der Waals surface area contributed by atoms with Gasteiger partial charge in [-0.05, 0) is 45.2 Å². The first-order valence-electron chi connectivity index (χ1n) is 7.14. The average Bonchev–Trinajstić information content (AvgIpc) is 2.45. The van der Waals surface area contributed by atoms with Crippen LogP contribution in [-0.4, -0.2) is 41.0 Å². The van der Waals surface area contributed by atoms with Crippen molar-refractivity contribution in [1.29, 1.82) is 0 Å². The molecule has 1 aliphatic rings. The largest absolute Gasteiger partial charge is 0.464 e. The van der Waals surface area contributed by atoms with E-state index >= 15 is 0 Å². The number of ether oxygens (including phenoxy) is 1. The Hall–Kier alpha value is -1.62. The van der Waals surface area contributed by atoms with E-state index in [0.717, 1.165) is 12.8 Å². The van der Waals surface area contributed by atoms with E-state index < -0.39 is 6.04 Å². The van der Waals surface area contributed by atoms with Crippen LogP contribution >= 0.6 is 11.6 Å². The lowest BCUT2D eigenvalue weighted by Crippen LogP contribution is -2.48. The van der Waals surface area contributed by atoms with Crippen LogP contribution in [0.2, 0.25) is 5.15 Å². The lowest BCUT2D eigenvalue weighted by atomic mass is 10.0. The van der Waals surface area contributed by atoms with E-state index in [0.29, 0.717) is 30.8 Å². The average molecular weight is 311 g/mol. The van der Waals surface area contributed by atoms with Crippen molar-refractivity contribution in [3.05, 3.63) is 28.5 Å². The van der Waals surface area contributed by atoms with E-state index in [-0.39, 0.29) is 17.0 Å². The van der Waals surface area contributed by atoms with Crippen molar-refractivity contribution in [1.82, 2.24) is 9.88 Å². The molecule has 0 aromatic carbocycles. The summed E-state index contributed by atoms with van der Waals surface area (Å²) >= 11 is 5.91. The zero-order chi connectivity index (χ0) is 15.4. The molecule has 0 aliphatic carbocycles. The van der Waals surface area contributed by atoms with Crippen molar-refractivity contribution < 1.29 is 14.3 Å². The van der Waals surface area contributed by atoms with Crippen molar-refractivity contribution in [3.63, 3.8) is 0 Å². The molecule has 1 fully saturated rings. The highest BCUT2D eigenvalue weighted by atomic mass is 35.5. The molecule has 0 N–H and O–H groups in total. The highest BCUT2D eigenvalue weighted by molar-refractivity contribution is 6.29. The number of likely N-dealkylation sites (tertiary alicyclic amines) is 1. The van der Waals surface area contributed by atoms with Gasteiger partial charge in [-0.25, -0.2) is 9.78 Å². The van der Waals surface area contributed by atoms with Gasteiger partial charge in [-0.15, -0.1) is 0 Å². The molecule has 2 heterocycles. The quantitative estimate of drug-likeness (QED) is 0.636. The second kappa shape index (κ2) is 6.89. The Balaban J connectivity index is 2.24. The van der Waals surface area contributed by atoms with Crippen LogP contribution in [0.5, 0.6) is 0 Å². The smallest absolute Gasteiger partial charge is 0.328 e. The van der Waals surface area contributed by atoms with Gasteiger partial charge in [0.15, 0.2) is 0 Å². The van der Waals surface area contributed by atoms with Crippen LogP contribution in [0.1, 0.15) is 42.2 Å². The van der Waals surface area contributed by atoms with Gasteiger partial charge in [-0.3, -0.25) is 4.79 Å². The normalized spacial score (nSPS) is 18.4. The number of hydrogen-bond acceptors (Lipinski definition) is 4. The first-order chi connectivity index (χ1) is 10.0. The standard InChI is InChI=1S/C15H19ClN2O3/c1-3-21-15(20)12-6-4-5-7-18(12)14(19)11-8-10(2)17-13(16)9-11/h8-9,12H,3-7H2,1-2H3. The van der Waals surface area contributed by atoms with Crippen LogP contribution in [0, 0.1) is 6.92 Å². The minimum Gasteiger partial charge on any atom is -0.464 e. The van der Waals surface area contributed by atoms with Crippen LogP contribution in [0.25, 0.3) is 0 Å². The number of rotatable bonds is 3. The number of amides is 1. The van der Waals surface area contributed by atoms with Crippen LogP contribution in [0.4, 0.5) is 0 Å². The maximum Gasteiger partial charge on any atom is 0.328 e. The molecule has 6 heteroatoms. The van der Waals surface area contributed by atoms with Gasteiger partial charge in [0, 0.05) is 17.8 Å². The fourth-order valence-electron chi connectivity index (χ4n) is 2.58. The number of carbonyl (C=O) groups is 2. The molecule has 1 aliphatic heterocycles. The number of pyridine rings is 1.